The molecule has 0 aliphatic carbocycles. The first-order chi connectivity index (χ1) is 14.0. The minimum absolute atomic E-state index is 0.0926. The number of anilines is 2. The van der Waals surface area contributed by atoms with Gasteiger partial charge in [0.2, 0.25) is 5.91 Å². The lowest BCUT2D eigenvalue weighted by atomic mass is 10.1. The molecule has 0 unspecified atom stereocenters. The van der Waals surface area contributed by atoms with Crippen LogP contribution in [0, 0.1) is 13.8 Å². The number of urea groups is 1. The molecule has 0 saturated carbocycles. The molecule has 0 spiro atoms. The zero-order valence-corrected chi connectivity index (χ0v) is 17.8. The maximum Gasteiger partial charge on any atom is 0.319 e. The summed E-state index contributed by atoms with van der Waals surface area (Å²) in [5.41, 5.74) is 4.84. The fourth-order valence-corrected chi connectivity index (χ4v) is 4.22. The highest BCUT2D eigenvalue weighted by atomic mass is 32.2. The van der Waals surface area contributed by atoms with E-state index in [9.17, 15) is 9.59 Å². The lowest BCUT2D eigenvalue weighted by Gasteiger charge is -2.27. The van der Waals surface area contributed by atoms with E-state index in [0.29, 0.717) is 5.69 Å². The Morgan fingerprint density at radius 3 is 2.55 bits per heavy atom. The van der Waals surface area contributed by atoms with Crippen LogP contribution in [0.2, 0.25) is 0 Å². The first kappa shape index (κ1) is 21.2. The Morgan fingerprint density at radius 1 is 1.03 bits per heavy atom. The van der Waals surface area contributed by atoms with Crippen molar-refractivity contribution in [2.75, 3.05) is 41.8 Å². The Balaban J connectivity index is 1.50. The highest BCUT2D eigenvalue weighted by molar-refractivity contribution is 7.99. The van der Waals surface area contributed by atoms with Gasteiger partial charge in [-0.1, -0.05) is 24.3 Å². The number of aryl methyl sites for hydroxylation is 1. The van der Waals surface area contributed by atoms with Crippen LogP contribution in [0.1, 0.15) is 16.7 Å². The minimum atomic E-state index is -0.404. The van der Waals surface area contributed by atoms with E-state index in [-0.39, 0.29) is 12.5 Å². The van der Waals surface area contributed by atoms with Crippen molar-refractivity contribution in [2.24, 2.45) is 0 Å². The fraction of sp³-hybridized carbons (Fsp3) is 0.364. The normalized spacial score (nSPS) is 14.3. The molecule has 1 aliphatic rings. The molecule has 2 aromatic carbocycles. The quantitative estimate of drug-likeness (QED) is 0.678. The molecule has 6 nitrogen and oxygen atoms in total. The number of hydrogen-bond donors (Lipinski definition) is 3. The second-order valence-corrected chi connectivity index (χ2v) is 8.43. The van der Waals surface area contributed by atoms with E-state index >= 15 is 0 Å². The van der Waals surface area contributed by atoms with Crippen molar-refractivity contribution < 1.29 is 9.59 Å². The van der Waals surface area contributed by atoms with Crippen LogP contribution in [-0.2, 0) is 11.3 Å². The van der Waals surface area contributed by atoms with Gasteiger partial charge < -0.3 is 16.0 Å². The van der Waals surface area contributed by atoms with E-state index in [1.54, 1.807) is 0 Å². The monoisotopic (exact) mass is 412 g/mol. The van der Waals surface area contributed by atoms with Crippen LogP contribution in [0.25, 0.3) is 0 Å². The highest BCUT2D eigenvalue weighted by Gasteiger charge is 2.14. The first-order valence-corrected chi connectivity index (χ1v) is 11.0. The number of carbonyl (C=O) groups excluding carboxylic acids is 2. The van der Waals surface area contributed by atoms with E-state index in [1.165, 1.54) is 17.1 Å². The van der Waals surface area contributed by atoms with Gasteiger partial charge in [0.1, 0.15) is 0 Å². The van der Waals surface area contributed by atoms with Crippen molar-refractivity contribution in [1.29, 1.82) is 0 Å². The number of amides is 3. The number of hydrogen-bond acceptors (Lipinski definition) is 4. The SMILES string of the molecule is Cc1cccc(NC(=O)NCC(=O)Nc2cccc(CN3CCSCC3)c2C)c1. The number of nitrogens with one attached hydrogen (secondary N) is 3. The van der Waals surface area contributed by atoms with Crippen molar-refractivity contribution in [3.63, 3.8) is 0 Å². The summed E-state index contributed by atoms with van der Waals surface area (Å²) in [7, 11) is 0. The molecule has 7 heteroatoms. The molecule has 0 radical (unpaired) electrons. The smallest absolute Gasteiger partial charge is 0.319 e. The zero-order chi connectivity index (χ0) is 20.6. The standard InChI is InChI=1S/C22H28N4O2S/c1-16-5-3-7-19(13-16)24-22(28)23-14-21(27)25-20-8-4-6-18(17(20)2)15-26-9-11-29-12-10-26/h3-8,13H,9-12,14-15H2,1-2H3,(H,25,27)(H2,23,24,28). The van der Waals surface area contributed by atoms with Crippen LogP contribution in [-0.4, -0.2) is 48.0 Å². The Morgan fingerprint density at radius 2 is 1.79 bits per heavy atom. The van der Waals surface area contributed by atoms with Gasteiger partial charge in [0.15, 0.2) is 0 Å². The van der Waals surface area contributed by atoms with Gasteiger partial charge in [-0.2, -0.15) is 11.8 Å². The lowest BCUT2D eigenvalue weighted by Crippen LogP contribution is -2.36. The number of carbonyl (C=O) groups is 2. The molecule has 29 heavy (non-hydrogen) atoms. The molecule has 1 saturated heterocycles. The molecule has 1 fully saturated rings. The summed E-state index contributed by atoms with van der Waals surface area (Å²) in [5.74, 6) is 2.09. The molecule has 1 heterocycles. The summed E-state index contributed by atoms with van der Waals surface area (Å²) in [4.78, 5) is 26.8. The van der Waals surface area contributed by atoms with E-state index in [0.717, 1.165) is 36.4 Å². The maximum atomic E-state index is 12.3. The van der Waals surface area contributed by atoms with Gasteiger partial charge in [-0.05, 0) is 48.7 Å². The third-order valence-corrected chi connectivity index (χ3v) is 5.85. The Hall–Kier alpha value is -2.51. The largest absolute Gasteiger partial charge is 0.329 e. The van der Waals surface area contributed by atoms with Crippen molar-refractivity contribution >= 4 is 35.1 Å². The van der Waals surface area contributed by atoms with Crippen molar-refractivity contribution in [3.8, 4) is 0 Å². The predicted molar refractivity (Wildman–Crippen MR) is 121 cm³/mol. The summed E-state index contributed by atoms with van der Waals surface area (Å²) < 4.78 is 0. The van der Waals surface area contributed by atoms with Gasteiger partial charge in [0.05, 0.1) is 6.54 Å². The van der Waals surface area contributed by atoms with Gasteiger partial charge in [-0.3, -0.25) is 9.69 Å². The van der Waals surface area contributed by atoms with Crippen LogP contribution in [0.5, 0.6) is 0 Å². The summed E-state index contributed by atoms with van der Waals surface area (Å²) in [6.45, 7) is 6.98. The van der Waals surface area contributed by atoms with Crippen molar-refractivity contribution in [3.05, 3.63) is 59.2 Å². The predicted octanol–water partition coefficient (Wildman–Crippen LogP) is 3.61. The van der Waals surface area contributed by atoms with Crippen LogP contribution in [0.15, 0.2) is 42.5 Å². The summed E-state index contributed by atoms with van der Waals surface area (Å²) in [6.07, 6.45) is 0. The second kappa shape index (κ2) is 10.3. The second-order valence-electron chi connectivity index (χ2n) is 7.20. The van der Waals surface area contributed by atoms with E-state index in [1.807, 2.05) is 62.0 Å². The fourth-order valence-electron chi connectivity index (χ4n) is 3.24. The molecule has 0 aromatic heterocycles. The number of rotatable bonds is 6. The molecule has 0 bridgehead atoms. The molecule has 1 aliphatic heterocycles. The third-order valence-electron chi connectivity index (χ3n) is 4.90. The number of thioether (sulfide) groups is 1. The van der Waals surface area contributed by atoms with Gasteiger partial charge in [0.25, 0.3) is 0 Å². The Labute approximate surface area is 176 Å². The summed E-state index contributed by atoms with van der Waals surface area (Å²) >= 11 is 2.00. The van der Waals surface area contributed by atoms with Gasteiger partial charge in [0, 0.05) is 42.5 Å². The molecule has 154 valence electrons. The average Bonchev–Trinajstić information content (AvgIpc) is 2.70. The number of benzene rings is 2. The van der Waals surface area contributed by atoms with E-state index < -0.39 is 6.03 Å². The van der Waals surface area contributed by atoms with E-state index in [4.69, 9.17) is 0 Å². The topological polar surface area (TPSA) is 73.5 Å². The third kappa shape index (κ3) is 6.51. The van der Waals surface area contributed by atoms with Gasteiger partial charge >= 0.3 is 6.03 Å². The van der Waals surface area contributed by atoms with Gasteiger partial charge in [-0.25, -0.2) is 4.79 Å². The van der Waals surface area contributed by atoms with Crippen molar-refractivity contribution in [2.45, 2.75) is 20.4 Å². The van der Waals surface area contributed by atoms with Crippen LogP contribution < -0.4 is 16.0 Å². The molecular formula is C22H28N4O2S. The first-order valence-electron chi connectivity index (χ1n) is 9.81. The average molecular weight is 413 g/mol. The zero-order valence-electron chi connectivity index (χ0n) is 17.0. The molecule has 2 aromatic rings. The Bertz CT molecular complexity index is 866. The molecule has 0 atom stereocenters. The molecular weight excluding hydrogens is 384 g/mol. The van der Waals surface area contributed by atoms with E-state index in [2.05, 4.69) is 26.9 Å². The molecule has 3 N–H and O–H groups in total. The highest BCUT2D eigenvalue weighted by Crippen LogP contribution is 2.21. The summed E-state index contributed by atoms with van der Waals surface area (Å²) in [5, 5.41) is 8.24. The Kier molecular flexibility index (Phi) is 7.55. The molecule has 3 rings (SSSR count). The van der Waals surface area contributed by atoms with Crippen molar-refractivity contribution in [1.82, 2.24) is 10.2 Å². The summed E-state index contributed by atoms with van der Waals surface area (Å²) in [6, 6.07) is 13.1. The minimum Gasteiger partial charge on any atom is -0.329 e. The van der Waals surface area contributed by atoms with Crippen LogP contribution >= 0.6 is 11.8 Å². The number of nitrogens with zero attached hydrogens (tertiary/aromatic N) is 1. The van der Waals surface area contributed by atoms with Crippen LogP contribution in [0.4, 0.5) is 16.2 Å². The van der Waals surface area contributed by atoms with Gasteiger partial charge in [-0.15, -0.1) is 0 Å². The lowest BCUT2D eigenvalue weighted by molar-refractivity contribution is -0.115. The maximum absolute atomic E-state index is 12.3. The van der Waals surface area contributed by atoms with Crippen LogP contribution in [0.3, 0.4) is 0 Å². The molecule has 3 amide bonds.